The zero-order chi connectivity index (χ0) is 14.3. The zero-order valence-electron chi connectivity index (χ0n) is 12.0. The van der Waals surface area contributed by atoms with Crippen LogP contribution in [0.3, 0.4) is 0 Å². The van der Waals surface area contributed by atoms with Crippen molar-refractivity contribution in [2.45, 2.75) is 13.8 Å². The third-order valence-corrected chi connectivity index (χ3v) is 3.18. The van der Waals surface area contributed by atoms with E-state index in [1.54, 1.807) is 0 Å². The van der Waals surface area contributed by atoms with Gasteiger partial charge in [-0.1, -0.05) is 27.0 Å². The minimum absolute atomic E-state index is 0.227. The van der Waals surface area contributed by atoms with Crippen molar-refractivity contribution in [3.63, 3.8) is 0 Å². The number of nitrogens with zero attached hydrogens (tertiary/aromatic N) is 1. The number of hydrogen-bond acceptors (Lipinski definition) is 3. The summed E-state index contributed by atoms with van der Waals surface area (Å²) in [6.45, 7) is 16.7. The van der Waals surface area contributed by atoms with Crippen LogP contribution in [0.5, 0.6) is 0 Å². The van der Waals surface area contributed by atoms with Gasteiger partial charge in [-0.15, -0.1) is 0 Å². The third kappa shape index (κ3) is 6.03. The van der Waals surface area contributed by atoms with Crippen LogP contribution in [0, 0.1) is 5.92 Å². The van der Waals surface area contributed by atoms with Crippen molar-refractivity contribution in [2.75, 3.05) is 39.3 Å². The van der Waals surface area contributed by atoms with Gasteiger partial charge in [0.25, 0.3) is 0 Å². The van der Waals surface area contributed by atoms with Crippen molar-refractivity contribution in [1.82, 2.24) is 10.2 Å². The van der Waals surface area contributed by atoms with Crippen molar-refractivity contribution in [2.24, 2.45) is 5.92 Å². The first-order valence-corrected chi connectivity index (χ1v) is 6.82. The van der Waals surface area contributed by atoms with Crippen LogP contribution in [0.25, 0.3) is 0 Å². The van der Waals surface area contributed by atoms with E-state index in [2.05, 4.69) is 23.4 Å². The van der Waals surface area contributed by atoms with Crippen molar-refractivity contribution in [3.05, 3.63) is 36.4 Å². The number of nitrogens with one attached hydrogen (secondary N) is 1. The Morgan fingerprint density at radius 3 is 2.53 bits per heavy atom. The van der Waals surface area contributed by atoms with Gasteiger partial charge >= 0.3 is 0 Å². The van der Waals surface area contributed by atoms with E-state index < -0.39 is 5.83 Å². The summed E-state index contributed by atoms with van der Waals surface area (Å²) >= 11 is 0. The van der Waals surface area contributed by atoms with Crippen LogP contribution in [-0.2, 0) is 4.74 Å². The van der Waals surface area contributed by atoms with Crippen molar-refractivity contribution < 1.29 is 9.13 Å². The molecule has 1 N–H and O–H groups in total. The molecule has 0 aromatic carbocycles. The molecule has 19 heavy (non-hydrogen) atoms. The molecule has 1 saturated heterocycles. The van der Waals surface area contributed by atoms with E-state index in [1.165, 1.54) is 6.08 Å². The maximum atomic E-state index is 12.9. The van der Waals surface area contributed by atoms with Crippen molar-refractivity contribution >= 4 is 0 Å². The van der Waals surface area contributed by atoms with Crippen LogP contribution in [0.4, 0.5) is 4.39 Å². The minimum atomic E-state index is -0.501. The van der Waals surface area contributed by atoms with Gasteiger partial charge in [0.05, 0.1) is 0 Å². The van der Waals surface area contributed by atoms with E-state index in [0.717, 1.165) is 38.3 Å². The fourth-order valence-corrected chi connectivity index (χ4v) is 1.87. The Labute approximate surface area is 115 Å². The van der Waals surface area contributed by atoms with E-state index in [9.17, 15) is 4.39 Å². The second-order valence-electron chi connectivity index (χ2n) is 5.08. The third-order valence-electron chi connectivity index (χ3n) is 3.18. The van der Waals surface area contributed by atoms with E-state index in [4.69, 9.17) is 4.74 Å². The monoisotopic (exact) mass is 268 g/mol. The lowest BCUT2D eigenvalue weighted by molar-refractivity contribution is 0.150. The van der Waals surface area contributed by atoms with E-state index >= 15 is 0 Å². The Morgan fingerprint density at radius 1 is 1.37 bits per heavy atom. The SMILES string of the molecule is C=C(F)/C=C(/OCCN1CCNCC1)C(=C)C(C)C. The molecule has 1 aliphatic rings. The second kappa shape index (κ2) is 8.12. The van der Waals surface area contributed by atoms with Gasteiger partial charge in [0.15, 0.2) is 0 Å². The summed E-state index contributed by atoms with van der Waals surface area (Å²) in [5, 5.41) is 3.30. The molecular weight excluding hydrogens is 243 g/mol. The summed E-state index contributed by atoms with van der Waals surface area (Å²) in [4.78, 5) is 2.33. The maximum Gasteiger partial charge on any atom is 0.125 e. The van der Waals surface area contributed by atoms with Crippen molar-refractivity contribution in [1.29, 1.82) is 0 Å². The topological polar surface area (TPSA) is 24.5 Å². The average Bonchev–Trinajstić information content (AvgIpc) is 2.37. The number of allylic oxidation sites excluding steroid dienone is 3. The Bertz CT molecular complexity index is 344. The Hall–Kier alpha value is -1.13. The molecule has 0 radical (unpaired) electrons. The molecule has 0 saturated carbocycles. The van der Waals surface area contributed by atoms with Gasteiger partial charge in [0, 0.05) is 38.8 Å². The second-order valence-corrected chi connectivity index (χ2v) is 5.08. The minimum Gasteiger partial charge on any atom is -0.492 e. The quantitative estimate of drug-likeness (QED) is 0.567. The van der Waals surface area contributed by atoms with Crippen LogP contribution < -0.4 is 5.32 Å². The number of rotatable bonds is 7. The highest BCUT2D eigenvalue weighted by molar-refractivity contribution is 5.29. The van der Waals surface area contributed by atoms with Crippen LogP contribution in [0.15, 0.2) is 36.4 Å². The lowest BCUT2D eigenvalue weighted by atomic mass is 10.0. The number of hydrogen-bond donors (Lipinski definition) is 1. The first-order valence-electron chi connectivity index (χ1n) is 6.82. The number of halogens is 1. The molecule has 4 heteroatoms. The largest absolute Gasteiger partial charge is 0.492 e. The smallest absolute Gasteiger partial charge is 0.125 e. The van der Waals surface area contributed by atoms with Gasteiger partial charge in [-0.2, -0.15) is 0 Å². The molecule has 0 aromatic rings. The highest BCUT2D eigenvalue weighted by Crippen LogP contribution is 2.20. The fourth-order valence-electron chi connectivity index (χ4n) is 1.87. The van der Waals surface area contributed by atoms with E-state index in [0.29, 0.717) is 12.4 Å². The summed E-state index contributed by atoms with van der Waals surface area (Å²) in [6, 6.07) is 0. The predicted octanol–water partition coefficient (Wildman–Crippen LogP) is 2.49. The first-order chi connectivity index (χ1) is 9.00. The Balaban J connectivity index is 2.44. The molecular formula is C15H25FN2O. The predicted molar refractivity (Wildman–Crippen MR) is 77.6 cm³/mol. The molecule has 3 nitrogen and oxygen atoms in total. The highest BCUT2D eigenvalue weighted by Gasteiger charge is 2.12. The zero-order valence-corrected chi connectivity index (χ0v) is 12.0. The summed E-state index contributed by atoms with van der Waals surface area (Å²) in [5.74, 6) is 0.237. The molecule has 0 aliphatic carbocycles. The van der Waals surface area contributed by atoms with Crippen LogP contribution in [0.2, 0.25) is 0 Å². The molecule has 1 aliphatic heterocycles. The lowest BCUT2D eigenvalue weighted by Gasteiger charge is -2.27. The molecule has 1 heterocycles. The van der Waals surface area contributed by atoms with Crippen molar-refractivity contribution in [3.8, 4) is 0 Å². The van der Waals surface area contributed by atoms with Crippen LogP contribution in [-0.4, -0.2) is 44.2 Å². The molecule has 0 aromatic heterocycles. The molecule has 0 atom stereocenters. The molecule has 0 amide bonds. The summed E-state index contributed by atoms with van der Waals surface area (Å²) in [7, 11) is 0. The van der Waals surface area contributed by atoms with Gasteiger partial charge in [-0.3, -0.25) is 4.90 Å². The fraction of sp³-hybridized carbons (Fsp3) is 0.600. The Kier molecular flexibility index (Phi) is 6.81. The van der Waals surface area contributed by atoms with E-state index in [-0.39, 0.29) is 5.92 Å². The number of ether oxygens (including phenoxy) is 1. The highest BCUT2D eigenvalue weighted by atomic mass is 19.1. The summed E-state index contributed by atoms with van der Waals surface area (Å²) in [6.07, 6.45) is 1.32. The van der Waals surface area contributed by atoms with Gasteiger partial charge in [-0.25, -0.2) is 4.39 Å². The van der Waals surface area contributed by atoms with E-state index in [1.807, 2.05) is 13.8 Å². The normalized spacial score (nSPS) is 17.6. The first kappa shape index (κ1) is 15.9. The maximum absolute atomic E-state index is 12.9. The molecule has 1 rings (SSSR count). The average molecular weight is 268 g/mol. The molecule has 0 bridgehead atoms. The van der Waals surface area contributed by atoms with Crippen LogP contribution in [0.1, 0.15) is 13.8 Å². The molecule has 108 valence electrons. The molecule has 0 unspecified atom stereocenters. The van der Waals surface area contributed by atoms with Crippen LogP contribution >= 0.6 is 0 Å². The van der Waals surface area contributed by atoms with Gasteiger partial charge < -0.3 is 10.1 Å². The Morgan fingerprint density at radius 2 is 2.00 bits per heavy atom. The van der Waals surface area contributed by atoms with Gasteiger partial charge in [0.2, 0.25) is 0 Å². The number of piperazine rings is 1. The van der Waals surface area contributed by atoms with Gasteiger partial charge in [-0.05, 0) is 11.5 Å². The molecule has 0 spiro atoms. The summed E-state index contributed by atoms with van der Waals surface area (Å²) < 4.78 is 18.6. The summed E-state index contributed by atoms with van der Waals surface area (Å²) in [5.41, 5.74) is 0.805. The van der Waals surface area contributed by atoms with Gasteiger partial charge in [0.1, 0.15) is 18.2 Å². The standard InChI is InChI=1S/C15H25FN2O/c1-12(2)14(4)15(11-13(3)16)19-10-9-18-7-5-17-6-8-18/h11-12,17H,3-10H2,1-2H3/b15-11+. The molecule has 1 fully saturated rings. The lowest BCUT2D eigenvalue weighted by Crippen LogP contribution is -2.44.